The maximum absolute atomic E-state index is 13.1. The van der Waals surface area contributed by atoms with Crippen LogP contribution in [-0.4, -0.2) is 11.3 Å². The van der Waals surface area contributed by atoms with Crippen LogP contribution in [0.25, 0.3) is 0 Å². The first-order valence-electron chi connectivity index (χ1n) is 4.34. The molecule has 0 saturated heterocycles. The van der Waals surface area contributed by atoms with E-state index < -0.39 is 42.2 Å². The van der Waals surface area contributed by atoms with Crippen LogP contribution < -0.4 is 4.74 Å². The van der Waals surface area contributed by atoms with Crippen molar-refractivity contribution in [3.05, 3.63) is 23.1 Å². The van der Waals surface area contributed by atoms with Gasteiger partial charge in [0.2, 0.25) is 0 Å². The Kier molecular flexibility index (Phi) is 4.00. The first kappa shape index (κ1) is 14.1. The van der Waals surface area contributed by atoms with Crippen molar-refractivity contribution in [2.75, 3.05) is 0 Å². The molecule has 98 valence electrons. The van der Waals surface area contributed by atoms with E-state index in [2.05, 4.69) is 9.72 Å². The highest BCUT2D eigenvalue weighted by Crippen LogP contribution is 2.29. The van der Waals surface area contributed by atoms with E-state index in [0.29, 0.717) is 0 Å². The summed E-state index contributed by atoms with van der Waals surface area (Å²) in [7, 11) is 0. The van der Waals surface area contributed by atoms with Crippen molar-refractivity contribution in [3.63, 3.8) is 0 Å². The Hall–Kier alpha value is -1.98. The van der Waals surface area contributed by atoms with Crippen molar-refractivity contribution >= 4 is 0 Å². The van der Waals surface area contributed by atoms with Crippen molar-refractivity contribution in [3.8, 4) is 11.9 Å². The molecule has 9 heteroatoms. The monoisotopic (exact) mass is 270 g/mol. The Morgan fingerprint density at radius 2 is 2.00 bits per heavy atom. The van der Waals surface area contributed by atoms with Crippen LogP contribution in [0.2, 0.25) is 0 Å². The fraction of sp³-hybridized carbons (Fsp3) is 0.333. The van der Waals surface area contributed by atoms with Gasteiger partial charge in [0.25, 0.3) is 12.3 Å². The molecule has 3 nitrogen and oxygen atoms in total. The van der Waals surface area contributed by atoms with Crippen molar-refractivity contribution in [2.24, 2.45) is 0 Å². The van der Waals surface area contributed by atoms with E-state index in [0.717, 1.165) is 0 Å². The second kappa shape index (κ2) is 5.12. The fourth-order valence-electron chi connectivity index (χ4n) is 1.11. The van der Waals surface area contributed by atoms with E-state index in [-0.39, 0.29) is 6.07 Å². The predicted octanol–water partition coefficient (Wildman–Crippen LogP) is 3.12. The first-order valence-corrected chi connectivity index (χ1v) is 4.34. The molecule has 0 fully saturated rings. The quantitative estimate of drug-likeness (QED) is 0.793. The summed E-state index contributed by atoms with van der Waals surface area (Å²) in [5.41, 5.74) is -1.60. The molecule has 0 aliphatic carbocycles. The SMILES string of the molecule is N#CCc1nc(OC(F)(F)F)c(F)cc1C(F)F. The number of rotatable bonds is 3. The topological polar surface area (TPSA) is 45.9 Å². The molecule has 0 atom stereocenters. The Morgan fingerprint density at radius 1 is 1.39 bits per heavy atom. The number of pyridine rings is 1. The maximum Gasteiger partial charge on any atom is 0.574 e. The molecule has 0 unspecified atom stereocenters. The van der Waals surface area contributed by atoms with Crippen LogP contribution in [0, 0.1) is 17.1 Å². The van der Waals surface area contributed by atoms with Gasteiger partial charge in [0.05, 0.1) is 18.2 Å². The molecule has 0 bridgehead atoms. The van der Waals surface area contributed by atoms with Gasteiger partial charge in [0.1, 0.15) is 0 Å². The molecule has 1 aromatic heterocycles. The van der Waals surface area contributed by atoms with Crippen LogP contribution in [0.4, 0.5) is 26.3 Å². The van der Waals surface area contributed by atoms with E-state index in [1.54, 1.807) is 0 Å². The van der Waals surface area contributed by atoms with Gasteiger partial charge in [-0.15, -0.1) is 13.2 Å². The molecule has 0 amide bonds. The number of alkyl halides is 5. The van der Waals surface area contributed by atoms with Gasteiger partial charge in [-0.2, -0.15) is 5.26 Å². The number of nitrogens with zero attached hydrogens (tertiary/aromatic N) is 2. The van der Waals surface area contributed by atoms with E-state index in [9.17, 15) is 26.3 Å². The summed E-state index contributed by atoms with van der Waals surface area (Å²) < 4.78 is 76.7. The summed E-state index contributed by atoms with van der Waals surface area (Å²) >= 11 is 0. The summed E-state index contributed by atoms with van der Waals surface area (Å²) in [6.45, 7) is 0. The smallest absolute Gasteiger partial charge is 0.385 e. The van der Waals surface area contributed by atoms with E-state index in [4.69, 9.17) is 5.26 Å². The zero-order valence-corrected chi connectivity index (χ0v) is 8.43. The highest BCUT2D eigenvalue weighted by molar-refractivity contribution is 5.30. The normalized spacial score (nSPS) is 11.4. The molecule has 1 heterocycles. The van der Waals surface area contributed by atoms with Gasteiger partial charge < -0.3 is 4.74 Å². The molecule has 1 aromatic rings. The highest BCUT2D eigenvalue weighted by atomic mass is 19.4. The third-order valence-electron chi connectivity index (χ3n) is 1.75. The molecule has 0 radical (unpaired) electrons. The lowest BCUT2D eigenvalue weighted by atomic mass is 10.1. The zero-order chi connectivity index (χ0) is 13.9. The van der Waals surface area contributed by atoms with Crippen molar-refractivity contribution in [1.29, 1.82) is 5.26 Å². The Balaban J connectivity index is 3.23. The standard InChI is InChI=1S/C9H4F6N2O/c10-5-3-4(7(11)12)6(1-2-16)17-8(5)18-9(13,14)15/h3,7H,1H2. The maximum atomic E-state index is 13.1. The van der Waals surface area contributed by atoms with Gasteiger partial charge in [-0.3, -0.25) is 0 Å². The molecule has 0 N–H and O–H groups in total. The fourth-order valence-corrected chi connectivity index (χ4v) is 1.11. The van der Waals surface area contributed by atoms with Gasteiger partial charge in [-0.1, -0.05) is 0 Å². The largest absolute Gasteiger partial charge is 0.574 e. The lowest BCUT2D eigenvalue weighted by Crippen LogP contribution is -2.19. The van der Waals surface area contributed by atoms with Crippen LogP contribution in [0.1, 0.15) is 17.7 Å². The van der Waals surface area contributed by atoms with Crippen LogP contribution in [0.15, 0.2) is 6.07 Å². The van der Waals surface area contributed by atoms with Crippen LogP contribution in [0.3, 0.4) is 0 Å². The second-order valence-electron chi connectivity index (χ2n) is 2.99. The summed E-state index contributed by atoms with van der Waals surface area (Å²) in [4.78, 5) is 2.95. The predicted molar refractivity (Wildman–Crippen MR) is 45.2 cm³/mol. The number of hydrogen-bond donors (Lipinski definition) is 0. The number of hydrogen-bond acceptors (Lipinski definition) is 3. The molecule has 0 saturated carbocycles. The molecular weight excluding hydrogens is 266 g/mol. The molecule has 0 aliphatic rings. The number of ether oxygens (including phenoxy) is 1. The Labute approximate surface area is 96.6 Å². The minimum atomic E-state index is -5.20. The molecule has 18 heavy (non-hydrogen) atoms. The lowest BCUT2D eigenvalue weighted by molar-refractivity contribution is -0.277. The Morgan fingerprint density at radius 3 is 2.44 bits per heavy atom. The Bertz CT molecular complexity index is 479. The van der Waals surface area contributed by atoms with Gasteiger partial charge >= 0.3 is 6.36 Å². The van der Waals surface area contributed by atoms with Gasteiger partial charge in [-0.05, 0) is 6.07 Å². The highest BCUT2D eigenvalue weighted by Gasteiger charge is 2.34. The van der Waals surface area contributed by atoms with E-state index in [1.165, 1.54) is 6.07 Å². The van der Waals surface area contributed by atoms with Crippen molar-refractivity contribution < 1.29 is 31.1 Å². The minimum Gasteiger partial charge on any atom is -0.385 e. The van der Waals surface area contributed by atoms with Crippen molar-refractivity contribution in [2.45, 2.75) is 19.2 Å². The van der Waals surface area contributed by atoms with Crippen LogP contribution in [0.5, 0.6) is 5.88 Å². The van der Waals surface area contributed by atoms with Crippen LogP contribution >= 0.6 is 0 Å². The van der Waals surface area contributed by atoms with Crippen LogP contribution in [-0.2, 0) is 6.42 Å². The minimum absolute atomic E-state index is 0.172. The molecular formula is C9H4F6N2O. The summed E-state index contributed by atoms with van der Waals surface area (Å²) in [6.07, 6.45) is -9.05. The summed E-state index contributed by atoms with van der Waals surface area (Å²) in [5, 5.41) is 8.33. The van der Waals surface area contributed by atoms with Gasteiger partial charge in [0, 0.05) is 5.56 Å². The van der Waals surface area contributed by atoms with Crippen molar-refractivity contribution in [1.82, 2.24) is 4.98 Å². The molecule has 0 spiro atoms. The van der Waals surface area contributed by atoms with Gasteiger partial charge in [0.15, 0.2) is 5.82 Å². The summed E-state index contributed by atoms with van der Waals surface area (Å²) in [5.74, 6) is -3.17. The lowest BCUT2D eigenvalue weighted by Gasteiger charge is -2.11. The number of nitriles is 1. The van der Waals surface area contributed by atoms with Gasteiger partial charge in [-0.25, -0.2) is 18.2 Å². The summed E-state index contributed by atoms with van der Waals surface area (Å²) in [6, 6.07) is 1.61. The number of halogens is 6. The zero-order valence-electron chi connectivity index (χ0n) is 8.43. The third kappa shape index (κ3) is 3.51. The van der Waals surface area contributed by atoms with E-state index >= 15 is 0 Å². The second-order valence-corrected chi connectivity index (χ2v) is 2.99. The average Bonchev–Trinajstić information content (AvgIpc) is 2.20. The first-order chi connectivity index (χ1) is 8.24. The van der Waals surface area contributed by atoms with E-state index in [1.807, 2.05) is 0 Å². The molecule has 0 aromatic carbocycles. The third-order valence-corrected chi connectivity index (χ3v) is 1.75. The average molecular weight is 270 g/mol. The molecule has 0 aliphatic heterocycles. The molecule has 1 rings (SSSR count). The number of aromatic nitrogens is 1.